The van der Waals surface area contributed by atoms with Crippen molar-refractivity contribution in [2.24, 2.45) is 5.73 Å². The molecule has 0 bridgehead atoms. The molecular formula is C20H22N2O3. The number of hydrogen-bond donors (Lipinski definition) is 2. The number of nitrogens with two attached hydrogens (primary N) is 1. The lowest BCUT2D eigenvalue weighted by Gasteiger charge is -2.06. The molecule has 0 aliphatic carbocycles. The van der Waals surface area contributed by atoms with Crippen molar-refractivity contribution in [3.05, 3.63) is 66.1 Å². The predicted octanol–water partition coefficient (Wildman–Crippen LogP) is 3.48. The van der Waals surface area contributed by atoms with Gasteiger partial charge < -0.3 is 20.2 Å². The lowest BCUT2D eigenvalue weighted by molar-refractivity contribution is 0.0921. The topological polar surface area (TPSA) is 77.5 Å². The number of furan rings is 1. The number of nitrogens with one attached hydrogen (secondary N) is 1. The average molecular weight is 338 g/mol. The normalized spacial score (nSPS) is 10.8. The first-order chi connectivity index (χ1) is 12.3. The summed E-state index contributed by atoms with van der Waals surface area (Å²) in [5, 5.41) is 5.10. The summed E-state index contributed by atoms with van der Waals surface area (Å²) in [5.41, 5.74) is 5.43. The van der Waals surface area contributed by atoms with E-state index in [9.17, 15) is 4.79 Å². The average Bonchev–Trinajstić information content (AvgIpc) is 3.12. The minimum Gasteiger partial charge on any atom is -0.486 e. The van der Waals surface area contributed by atoms with Gasteiger partial charge in [-0.3, -0.25) is 4.79 Å². The Morgan fingerprint density at radius 3 is 2.72 bits per heavy atom. The van der Waals surface area contributed by atoms with Crippen molar-refractivity contribution < 1.29 is 13.9 Å². The molecule has 0 aliphatic heterocycles. The zero-order valence-corrected chi connectivity index (χ0v) is 14.0. The maximum Gasteiger partial charge on any atom is 0.286 e. The maximum atomic E-state index is 12.0. The Morgan fingerprint density at radius 1 is 1.04 bits per heavy atom. The largest absolute Gasteiger partial charge is 0.486 e. The van der Waals surface area contributed by atoms with Crippen LogP contribution in [0.5, 0.6) is 5.75 Å². The molecule has 0 radical (unpaired) electrons. The molecule has 3 rings (SSSR count). The van der Waals surface area contributed by atoms with Gasteiger partial charge in [0, 0.05) is 6.54 Å². The van der Waals surface area contributed by atoms with Crippen LogP contribution in [-0.4, -0.2) is 19.0 Å². The fourth-order valence-electron chi connectivity index (χ4n) is 2.55. The molecule has 0 spiro atoms. The molecule has 25 heavy (non-hydrogen) atoms. The summed E-state index contributed by atoms with van der Waals surface area (Å²) in [6.45, 7) is 1.51. The van der Waals surface area contributed by atoms with Gasteiger partial charge in [0.05, 0.1) is 0 Å². The van der Waals surface area contributed by atoms with Crippen molar-refractivity contribution in [1.29, 1.82) is 0 Å². The zero-order valence-electron chi connectivity index (χ0n) is 14.0. The smallest absolute Gasteiger partial charge is 0.286 e. The molecule has 5 heteroatoms. The van der Waals surface area contributed by atoms with Crippen LogP contribution in [0.15, 0.2) is 59.0 Å². The molecule has 1 amide bonds. The van der Waals surface area contributed by atoms with Crippen LogP contribution >= 0.6 is 0 Å². The van der Waals surface area contributed by atoms with Crippen LogP contribution in [0, 0.1) is 0 Å². The van der Waals surface area contributed by atoms with Gasteiger partial charge in [-0.05, 0) is 54.4 Å². The SMILES string of the molecule is NCCCCNC(=O)c1ccc(COc2ccc3ccccc3c2)o1. The van der Waals surface area contributed by atoms with Gasteiger partial charge in [-0.15, -0.1) is 0 Å². The van der Waals surface area contributed by atoms with Gasteiger partial charge in [-0.1, -0.05) is 30.3 Å². The number of hydrogen-bond acceptors (Lipinski definition) is 4. The first kappa shape index (κ1) is 17.0. The summed E-state index contributed by atoms with van der Waals surface area (Å²) in [7, 11) is 0. The lowest BCUT2D eigenvalue weighted by atomic mass is 10.1. The van der Waals surface area contributed by atoms with E-state index >= 15 is 0 Å². The summed E-state index contributed by atoms with van der Waals surface area (Å²) in [6, 6.07) is 17.5. The van der Waals surface area contributed by atoms with Gasteiger partial charge in [0.1, 0.15) is 18.1 Å². The summed E-state index contributed by atoms with van der Waals surface area (Å²) in [4.78, 5) is 12.0. The third-order valence-electron chi connectivity index (χ3n) is 3.90. The van der Waals surface area contributed by atoms with Crippen molar-refractivity contribution in [1.82, 2.24) is 5.32 Å². The molecular weight excluding hydrogens is 316 g/mol. The van der Waals surface area contributed by atoms with Crippen LogP contribution in [0.3, 0.4) is 0 Å². The lowest BCUT2D eigenvalue weighted by Crippen LogP contribution is -2.24. The molecule has 1 heterocycles. The van der Waals surface area contributed by atoms with Crippen LogP contribution in [0.2, 0.25) is 0 Å². The Balaban J connectivity index is 1.54. The Kier molecular flexibility index (Phi) is 5.69. The molecule has 3 aromatic rings. The van der Waals surface area contributed by atoms with Gasteiger partial charge in [0.15, 0.2) is 5.76 Å². The molecule has 0 unspecified atom stereocenters. The van der Waals surface area contributed by atoms with Crippen LogP contribution in [0.4, 0.5) is 0 Å². The predicted molar refractivity (Wildman–Crippen MR) is 97.6 cm³/mol. The highest BCUT2D eigenvalue weighted by Crippen LogP contribution is 2.21. The molecule has 0 saturated heterocycles. The van der Waals surface area contributed by atoms with E-state index in [2.05, 4.69) is 11.4 Å². The van der Waals surface area contributed by atoms with Crippen molar-refractivity contribution in [3.63, 3.8) is 0 Å². The second-order valence-electron chi connectivity index (χ2n) is 5.82. The summed E-state index contributed by atoms with van der Waals surface area (Å²) < 4.78 is 11.3. The molecule has 0 fully saturated rings. The molecule has 0 atom stereocenters. The van der Waals surface area contributed by atoms with E-state index in [-0.39, 0.29) is 12.5 Å². The number of ether oxygens (including phenoxy) is 1. The van der Waals surface area contributed by atoms with Gasteiger partial charge >= 0.3 is 0 Å². The number of benzene rings is 2. The zero-order chi connectivity index (χ0) is 17.5. The van der Waals surface area contributed by atoms with E-state index in [1.165, 1.54) is 5.39 Å². The van der Waals surface area contributed by atoms with Gasteiger partial charge in [0.25, 0.3) is 5.91 Å². The molecule has 130 valence electrons. The van der Waals surface area contributed by atoms with E-state index in [4.69, 9.17) is 14.9 Å². The van der Waals surface area contributed by atoms with E-state index in [0.717, 1.165) is 24.0 Å². The van der Waals surface area contributed by atoms with Crippen LogP contribution in [-0.2, 0) is 6.61 Å². The molecule has 1 aromatic heterocycles. The fraction of sp³-hybridized carbons (Fsp3) is 0.250. The van der Waals surface area contributed by atoms with Crippen LogP contribution < -0.4 is 15.8 Å². The molecule has 5 nitrogen and oxygen atoms in total. The highest BCUT2D eigenvalue weighted by molar-refractivity contribution is 5.91. The third-order valence-corrected chi connectivity index (χ3v) is 3.90. The van der Waals surface area contributed by atoms with Crippen molar-refractivity contribution >= 4 is 16.7 Å². The monoisotopic (exact) mass is 338 g/mol. The van der Waals surface area contributed by atoms with E-state index in [1.807, 2.05) is 36.4 Å². The number of carbonyl (C=O) groups is 1. The minimum absolute atomic E-state index is 0.214. The second-order valence-corrected chi connectivity index (χ2v) is 5.82. The standard InChI is InChI=1S/C20H22N2O3/c21-11-3-4-12-22-20(23)19-10-9-18(25-19)14-24-17-8-7-15-5-1-2-6-16(15)13-17/h1-2,5-10,13H,3-4,11-12,14,21H2,(H,22,23). The first-order valence-corrected chi connectivity index (χ1v) is 8.45. The number of amides is 1. The second kappa shape index (κ2) is 8.35. The molecule has 0 saturated carbocycles. The number of fused-ring (bicyclic) bond motifs is 1. The van der Waals surface area contributed by atoms with Crippen molar-refractivity contribution in [3.8, 4) is 5.75 Å². The summed E-state index contributed by atoms with van der Waals surface area (Å²) >= 11 is 0. The van der Waals surface area contributed by atoms with Gasteiger partial charge in [-0.2, -0.15) is 0 Å². The maximum absolute atomic E-state index is 12.0. The van der Waals surface area contributed by atoms with Crippen LogP contribution in [0.25, 0.3) is 10.8 Å². The van der Waals surface area contributed by atoms with Gasteiger partial charge in [-0.25, -0.2) is 0 Å². The molecule has 3 N–H and O–H groups in total. The quantitative estimate of drug-likeness (QED) is 0.617. The highest BCUT2D eigenvalue weighted by Gasteiger charge is 2.11. The number of carbonyl (C=O) groups excluding carboxylic acids is 1. The van der Waals surface area contributed by atoms with Crippen LogP contribution in [0.1, 0.15) is 29.2 Å². The number of rotatable bonds is 8. The minimum atomic E-state index is -0.214. The Morgan fingerprint density at radius 2 is 1.88 bits per heavy atom. The summed E-state index contributed by atoms with van der Waals surface area (Å²) in [6.07, 6.45) is 1.75. The third kappa shape index (κ3) is 4.61. The van der Waals surface area contributed by atoms with E-state index in [0.29, 0.717) is 24.6 Å². The number of unbranched alkanes of at least 4 members (excludes halogenated alkanes) is 1. The first-order valence-electron chi connectivity index (χ1n) is 8.45. The Bertz CT molecular complexity index is 842. The van der Waals surface area contributed by atoms with Crippen molar-refractivity contribution in [2.75, 3.05) is 13.1 Å². The highest BCUT2D eigenvalue weighted by atomic mass is 16.5. The fourth-order valence-corrected chi connectivity index (χ4v) is 2.55. The molecule has 2 aromatic carbocycles. The van der Waals surface area contributed by atoms with Crippen molar-refractivity contribution in [2.45, 2.75) is 19.4 Å². The van der Waals surface area contributed by atoms with E-state index < -0.39 is 0 Å². The molecule has 0 aliphatic rings. The Labute approximate surface area is 146 Å². The summed E-state index contributed by atoms with van der Waals surface area (Å²) in [5.74, 6) is 1.46. The van der Waals surface area contributed by atoms with Gasteiger partial charge in [0.2, 0.25) is 0 Å². The Hall–Kier alpha value is -2.79. The van der Waals surface area contributed by atoms with E-state index in [1.54, 1.807) is 12.1 Å².